The molecule has 1 N–H and O–H groups in total. The van der Waals surface area contributed by atoms with E-state index in [1.165, 1.54) is 58.9 Å². The monoisotopic (exact) mass is 1300 g/mol. The number of hydrogen-bond donors (Lipinski definition) is 1. The van der Waals surface area contributed by atoms with Gasteiger partial charge in [-0.25, -0.2) is 24.0 Å². The molecule has 12 atom stereocenters. The normalized spacial score (nSPS) is 29.7. The Bertz CT molecular complexity index is 3090. The van der Waals surface area contributed by atoms with Crippen LogP contribution in [0, 0.1) is 16.7 Å². The topological polar surface area (TPSA) is 254 Å². The van der Waals surface area contributed by atoms with Crippen molar-refractivity contribution in [3.05, 3.63) is 107 Å². The summed E-state index contributed by atoms with van der Waals surface area (Å²) >= 11 is 35.8. The fourth-order valence-electron chi connectivity index (χ4n) is 12.3. The van der Waals surface area contributed by atoms with Gasteiger partial charge in [0.2, 0.25) is 7.59 Å². The first-order chi connectivity index (χ1) is 39.6. The van der Waals surface area contributed by atoms with E-state index >= 15 is 9.59 Å². The summed E-state index contributed by atoms with van der Waals surface area (Å²) in [4.78, 5) is 105. The van der Waals surface area contributed by atoms with Crippen LogP contribution in [0.4, 0.5) is 14.4 Å². The number of benzene rings is 3. The van der Waals surface area contributed by atoms with Gasteiger partial charge in [-0.2, -0.15) is 0 Å². The highest BCUT2D eigenvalue weighted by atomic mass is 35.6. The van der Waals surface area contributed by atoms with E-state index in [9.17, 15) is 29.1 Å². The summed E-state index contributed by atoms with van der Waals surface area (Å²) in [6.07, 6.45) is -17.4. The summed E-state index contributed by atoms with van der Waals surface area (Å²) in [7, 11) is 2.84. The number of Topliss-reactive ketones (excluding diaryl/α,β-unsaturated/α-hetero) is 1. The SMILES string of the molecule is COc1ccc(C2OC(C(=O)OC3C[C@@]4(O)[C@@H](OC(=O)c5ccccc5)C5[C@]6(OC(C)=O)COC6C[C@H](OC(=O)OCC(Cl)(Cl)Cl)[C@@]5(C)C(=O)[C@H](OC(=O)OCC(Cl)(Cl)Cl)C(=C3C)C4(C)C)[C@H](c3ccccc3)N2C(=O)OC(C)(C)C)c(OC)c1. The van der Waals surface area contributed by atoms with Crippen LogP contribution in [0.1, 0.15) is 102 Å². The lowest BCUT2D eigenvalue weighted by Crippen LogP contribution is -2.82. The van der Waals surface area contributed by atoms with Crippen molar-refractivity contribution in [3.8, 4) is 11.5 Å². The molecule has 85 heavy (non-hydrogen) atoms. The van der Waals surface area contributed by atoms with E-state index in [-0.39, 0.29) is 28.0 Å². The molecule has 3 aromatic carbocycles. The average molecular weight is 1310 g/mol. The van der Waals surface area contributed by atoms with E-state index in [0.29, 0.717) is 11.3 Å². The predicted octanol–water partition coefficient (Wildman–Crippen LogP) is 10.8. The molecule has 21 nitrogen and oxygen atoms in total. The third kappa shape index (κ3) is 13.1. The Morgan fingerprint density at radius 1 is 0.788 bits per heavy atom. The van der Waals surface area contributed by atoms with Crippen molar-refractivity contribution in [1.82, 2.24) is 4.90 Å². The number of rotatable bonds is 13. The lowest BCUT2D eigenvalue weighted by molar-refractivity contribution is -0.346. The molecule has 3 aromatic rings. The number of ketones is 1. The Labute approximate surface area is 519 Å². The van der Waals surface area contributed by atoms with Gasteiger partial charge in [-0.3, -0.25) is 14.5 Å². The third-order valence-electron chi connectivity index (χ3n) is 16.1. The summed E-state index contributed by atoms with van der Waals surface area (Å²) in [6, 6.07) is 19.4. The van der Waals surface area contributed by atoms with Crippen molar-refractivity contribution in [3.63, 3.8) is 0 Å². The van der Waals surface area contributed by atoms with Crippen molar-refractivity contribution in [1.29, 1.82) is 0 Å². The highest BCUT2D eigenvalue weighted by Gasteiger charge is 2.79. The van der Waals surface area contributed by atoms with Gasteiger partial charge in [0.1, 0.15) is 66.4 Å². The minimum Gasteiger partial charge on any atom is -0.497 e. The van der Waals surface area contributed by atoms with Crippen LogP contribution in [0.15, 0.2) is 90.0 Å². The highest BCUT2D eigenvalue weighted by molar-refractivity contribution is 6.68. The maximum absolute atomic E-state index is 16.6. The van der Waals surface area contributed by atoms with Crippen LogP contribution in [0.3, 0.4) is 0 Å². The van der Waals surface area contributed by atoms with Crippen LogP contribution < -0.4 is 9.47 Å². The molecule has 1 amide bonds. The first kappa shape index (κ1) is 65.5. The zero-order valence-electron chi connectivity index (χ0n) is 47.7. The van der Waals surface area contributed by atoms with E-state index in [1.54, 1.807) is 87.5 Å². The van der Waals surface area contributed by atoms with E-state index in [0.717, 1.165) is 6.92 Å². The van der Waals surface area contributed by atoms with Gasteiger partial charge in [-0.15, -0.1) is 0 Å². The molecule has 2 saturated heterocycles. The highest BCUT2D eigenvalue weighted by Crippen LogP contribution is 2.65. The molecule has 5 unspecified atom stereocenters. The van der Waals surface area contributed by atoms with E-state index in [1.807, 2.05) is 0 Å². The quantitative estimate of drug-likeness (QED) is 0.0722. The minimum absolute atomic E-state index is 0.00714. The molecule has 5 aliphatic rings. The number of aliphatic hydroxyl groups is 1. The first-order valence-corrected chi connectivity index (χ1v) is 28.9. The van der Waals surface area contributed by atoms with Crippen molar-refractivity contribution in [2.24, 2.45) is 16.7 Å². The molecule has 2 bridgehead atoms. The number of carbonyl (C=O) groups is 7. The number of carbonyl (C=O) groups excluding carboxylic acids is 7. The van der Waals surface area contributed by atoms with Crippen LogP contribution in [-0.4, -0.2) is 147 Å². The van der Waals surface area contributed by atoms with Gasteiger partial charge in [-0.1, -0.05) is 132 Å². The fourth-order valence-corrected chi connectivity index (χ4v) is 12.6. The molecule has 2 aliphatic heterocycles. The Hall–Kier alpha value is -5.49. The molecule has 2 saturated carbocycles. The molecule has 4 fully saturated rings. The number of amides is 1. The van der Waals surface area contributed by atoms with Crippen molar-refractivity contribution in [2.45, 2.75) is 142 Å². The Morgan fingerprint density at radius 2 is 1.39 bits per heavy atom. The number of esters is 3. The predicted molar refractivity (Wildman–Crippen MR) is 304 cm³/mol. The molecule has 0 aromatic heterocycles. The van der Waals surface area contributed by atoms with Crippen LogP contribution in [0.5, 0.6) is 11.5 Å². The number of hydrogen-bond acceptors (Lipinski definition) is 20. The second-order valence-electron chi connectivity index (χ2n) is 22.8. The van der Waals surface area contributed by atoms with Gasteiger partial charge in [0.05, 0.1) is 37.7 Å². The van der Waals surface area contributed by atoms with Crippen LogP contribution in [-0.2, 0) is 61.8 Å². The molecule has 3 aliphatic carbocycles. The van der Waals surface area contributed by atoms with Crippen molar-refractivity contribution in [2.75, 3.05) is 34.0 Å². The maximum atomic E-state index is 16.6. The molecule has 8 rings (SSSR count). The second-order valence-corrected chi connectivity index (χ2v) is 27.9. The smallest absolute Gasteiger partial charge is 0.497 e. The number of ether oxygens (including phenoxy) is 12. The number of methoxy groups -OCH3 is 2. The summed E-state index contributed by atoms with van der Waals surface area (Å²) in [5.74, 6) is -5.54. The van der Waals surface area contributed by atoms with E-state index in [4.69, 9.17) is 126 Å². The maximum Gasteiger partial charge on any atom is 0.509 e. The molecule has 0 radical (unpaired) electrons. The lowest BCUT2D eigenvalue weighted by Gasteiger charge is -2.67. The van der Waals surface area contributed by atoms with Gasteiger partial charge in [-0.05, 0) is 75.6 Å². The number of fused-ring (bicyclic) bond motifs is 5. The van der Waals surface area contributed by atoms with Crippen molar-refractivity contribution < 1.29 is 95.5 Å². The largest absolute Gasteiger partial charge is 0.509 e. The summed E-state index contributed by atoms with van der Waals surface area (Å²) < 4.78 is 67.5. The fraction of sp³-hybridized carbons (Fsp3) is 0.534. The molecular formula is C58H63Cl6NO20. The lowest BCUT2D eigenvalue weighted by atomic mass is 9.44. The second kappa shape index (κ2) is 24.6. The number of alkyl halides is 6. The Kier molecular flexibility index (Phi) is 18.9. The van der Waals surface area contributed by atoms with Gasteiger partial charge in [0.15, 0.2) is 29.8 Å². The summed E-state index contributed by atoms with van der Waals surface area (Å²) in [6.45, 7) is 9.42. The summed E-state index contributed by atoms with van der Waals surface area (Å²) in [5.41, 5.74) is -9.85. The van der Waals surface area contributed by atoms with E-state index < -0.39 is 165 Å². The standard InChI is InChI=1S/C58H63Cl6NO20/c1-29-36(79-48(69)42-40(31-17-13-11-14-18-31)65(49(70)85-52(3,4)5)46(81-42)34-22-21-33(74-9)23-35(34)75-10)25-56(73)45(83-47(68)32-19-15-12-16-20-32)43-54(8,44(67)41(39(29)53(56,6)7)82-51(72)78-28-58(62,63)64)37(80-50(71)77-27-57(59,60)61)24-38-55(43,26-76-38)84-30(2)66/h11-23,36-38,40-43,45-46,73H,24-28H2,1-10H3/t36?,37-,38?,40-,41+,42?,43?,45-,46?,54+,55-,56+/m0/s1. The van der Waals surface area contributed by atoms with Crippen LogP contribution in [0.2, 0.25) is 0 Å². The Balaban J connectivity index is 1.36. The van der Waals surface area contributed by atoms with Gasteiger partial charge < -0.3 is 61.9 Å². The molecule has 27 heteroatoms. The Morgan fingerprint density at radius 3 is 1.93 bits per heavy atom. The van der Waals surface area contributed by atoms with E-state index in [2.05, 4.69) is 0 Å². The molecular weight excluding hydrogens is 1240 g/mol. The third-order valence-corrected chi connectivity index (χ3v) is 16.7. The summed E-state index contributed by atoms with van der Waals surface area (Å²) in [5, 5.41) is 14.4. The van der Waals surface area contributed by atoms with Crippen LogP contribution in [0.25, 0.3) is 0 Å². The zero-order valence-corrected chi connectivity index (χ0v) is 52.2. The molecule has 462 valence electrons. The zero-order chi connectivity index (χ0) is 62.6. The number of halogens is 6. The molecule has 0 spiro atoms. The van der Waals surface area contributed by atoms with Gasteiger partial charge in [0.25, 0.3) is 0 Å². The van der Waals surface area contributed by atoms with Gasteiger partial charge in [0, 0.05) is 36.8 Å². The van der Waals surface area contributed by atoms with Gasteiger partial charge >= 0.3 is 36.3 Å². The first-order valence-electron chi connectivity index (χ1n) is 26.6. The number of nitrogens with zero attached hydrogens (tertiary/aromatic N) is 1. The van der Waals surface area contributed by atoms with Crippen molar-refractivity contribution >= 4 is 112 Å². The average Bonchev–Trinajstić information content (AvgIpc) is 1.22. The molecule has 2 heterocycles. The minimum atomic E-state index is -2.67. The van der Waals surface area contributed by atoms with Crippen LogP contribution >= 0.6 is 69.6 Å².